The second-order valence-corrected chi connectivity index (χ2v) is 13.9. The summed E-state index contributed by atoms with van der Waals surface area (Å²) >= 11 is 4.18. The number of carbonyl (C=O) groups excluding carboxylic acids is 4. The zero-order chi connectivity index (χ0) is 26.9. The average Bonchev–Trinajstić information content (AvgIpc) is 3.34. The van der Waals surface area contributed by atoms with Gasteiger partial charge in [-0.2, -0.15) is 4.33 Å². The number of benzene rings is 1. The normalized spacial score (nSPS) is 14.2. The van der Waals surface area contributed by atoms with E-state index in [0.29, 0.717) is 26.1 Å². The summed E-state index contributed by atoms with van der Waals surface area (Å²) in [5, 5.41) is 0. The molecule has 36 heavy (non-hydrogen) atoms. The van der Waals surface area contributed by atoms with Gasteiger partial charge in [-0.3, -0.25) is 19.2 Å². The van der Waals surface area contributed by atoms with Crippen molar-refractivity contribution in [2.75, 3.05) is 13.4 Å². The summed E-state index contributed by atoms with van der Waals surface area (Å²) in [7, 11) is -2.80. The van der Waals surface area contributed by atoms with Crippen LogP contribution in [0.15, 0.2) is 37.9 Å². The highest BCUT2D eigenvalue weighted by molar-refractivity contribution is 8.26. The minimum atomic E-state index is -4.04. The van der Waals surface area contributed by atoms with E-state index in [1.165, 1.54) is 7.11 Å². The summed E-state index contributed by atoms with van der Waals surface area (Å²) in [4.78, 5) is 52.9. The molecule has 2 heterocycles. The number of hydrogen-bond donors (Lipinski definition) is 2. The highest BCUT2D eigenvalue weighted by Gasteiger charge is 2.41. The number of rotatable bonds is 8. The van der Waals surface area contributed by atoms with E-state index in [0.717, 1.165) is 67.2 Å². The Morgan fingerprint density at radius 3 is 1.50 bits per heavy atom. The first kappa shape index (κ1) is 28.8. The van der Waals surface area contributed by atoms with Gasteiger partial charge in [0.05, 0.1) is 47.2 Å². The molecule has 2 aliphatic rings. The minimum absolute atomic E-state index is 0.00174. The standard InChI is InChI=1S/C18H16N2O10S6/c1-5(21)28-7-9-10(32-17(31-9)13(15(19)23)35-30-27-3)8(29-6(2)22)12-11(7)33-18(34-12)14(16(20)24)36(4,25)26/h1-4H3,(H2,19,23)(H2,20,24). The van der Waals surface area contributed by atoms with E-state index in [2.05, 4.69) is 4.89 Å². The molecule has 0 saturated carbocycles. The van der Waals surface area contributed by atoms with Gasteiger partial charge in [0.25, 0.3) is 11.8 Å². The van der Waals surface area contributed by atoms with Crippen LogP contribution < -0.4 is 20.9 Å². The largest absolute Gasteiger partial charge is 0.424 e. The number of esters is 2. The van der Waals surface area contributed by atoms with Crippen LogP contribution in [-0.4, -0.2) is 45.5 Å². The molecule has 12 nitrogen and oxygen atoms in total. The average molecular weight is 613 g/mol. The minimum Gasteiger partial charge on any atom is -0.424 e. The van der Waals surface area contributed by atoms with Crippen LogP contribution in [0.5, 0.6) is 11.5 Å². The number of hydrogen-bond acceptors (Lipinski definition) is 15. The van der Waals surface area contributed by atoms with E-state index >= 15 is 0 Å². The predicted molar refractivity (Wildman–Crippen MR) is 135 cm³/mol. The van der Waals surface area contributed by atoms with Crippen molar-refractivity contribution in [1.29, 1.82) is 0 Å². The Kier molecular flexibility index (Phi) is 9.03. The maximum absolute atomic E-state index is 12.3. The third kappa shape index (κ3) is 6.01. The molecule has 0 saturated heterocycles. The molecule has 0 spiro atoms. The topological polar surface area (TPSA) is 191 Å². The SMILES string of the molecule is COOSC(C(N)=O)=C1Sc2c(OC(C)=O)c3c(c(OC(C)=O)c2S1)SC(=C(C(N)=O)S(C)(=O)=O)S3. The number of sulfone groups is 1. The van der Waals surface area contributed by atoms with E-state index in [-0.39, 0.29) is 30.4 Å². The summed E-state index contributed by atoms with van der Waals surface area (Å²) in [6.07, 6.45) is 0.831. The summed E-state index contributed by atoms with van der Waals surface area (Å²) in [5.74, 6) is -3.37. The second-order valence-electron chi connectivity index (χ2n) is 6.62. The monoisotopic (exact) mass is 612 g/mol. The second kappa shape index (κ2) is 11.3. The first-order valence-corrected chi connectivity index (χ1v) is 15.1. The summed E-state index contributed by atoms with van der Waals surface area (Å²) < 4.78 is 40.6. The highest BCUT2D eigenvalue weighted by Crippen LogP contribution is 2.68. The van der Waals surface area contributed by atoms with Gasteiger partial charge in [-0.15, -0.1) is 0 Å². The molecule has 1 aromatic carbocycles. The van der Waals surface area contributed by atoms with Gasteiger partial charge < -0.3 is 20.9 Å². The van der Waals surface area contributed by atoms with Crippen molar-refractivity contribution < 1.29 is 46.3 Å². The van der Waals surface area contributed by atoms with E-state index in [4.69, 9.17) is 25.3 Å². The maximum atomic E-state index is 12.3. The maximum Gasteiger partial charge on any atom is 0.308 e. The molecule has 3 rings (SSSR count). The quantitative estimate of drug-likeness (QED) is 0.109. The lowest BCUT2D eigenvalue weighted by atomic mass is 10.3. The number of primary amides is 2. The lowest BCUT2D eigenvalue weighted by Crippen LogP contribution is -2.21. The number of carbonyl (C=O) groups is 4. The molecule has 0 radical (unpaired) electrons. The van der Waals surface area contributed by atoms with Crippen molar-refractivity contribution >= 4 is 92.7 Å². The summed E-state index contributed by atoms with van der Waals surface area (Å²) in [6, 6.07) is 0. The number of thioether (sulfide) groups is 4. The van der Waals surface area contributed by atoms with Crippen LogP contribution in [0, 0.1) is 0 Å². The molecule has 0 aliphatic carbocycles. The molecule has 0 atom stereocenters. The van der Waals surface area contributed by atoms with E-state index in [9.17, 15) is 27.6 Å². The van der Waals surface area contributed by atoms with Crippen molar-refractivity contribution in [3.63, 3.8) is 0 Å². The Morgan fingerprint density at radius 1 is 0.778 bits per heavy atom. The zero-order valence-corrected chi connectivity index (χ0v) is 23.6. The van der Waals surface area contributed by atoms with Crippen molar-refractivity contribution in [1.82, 2.24) is 0 Å². The molecule has 0 bridgehead atoms. The number of fused-ring (bicyclic) bond motifs is 2. The lowest BCUT2D eigenvalue weighted by molar-refractivity contribution is -0.159. The van der Waals surface area contributed by atoms with Gasteiger partial charge in [0, 0.05) is 20.1 Å². The smallest absolute Gasteiger partial charge is 0.308 e. The van der Waals surface area contributed by atoms with Gasteiger partial charge in [0.1, 0.15) is 4.91 Å². The van der Waals surface area contributed by atoms with Crippen molar-refractivity contribution in [3.8, 4) is 11.5 Å². The molecule has 194 valence electrons. The van der Waals surface area contributed by atoms with Gasteiger partial charge in [-0.25, -0.2) is 13.3 Å². The molecule has 2 aliphatic heterocycles. The fraction of sp³-hybridized carbons (Fsp3) is 0.222. The molecule has 4 N–H and O–H groups in total. The van der Waals surface area contributed by atoms with Gasteiger partial charge in [-0.05, 0) is 0 Å². The van der Waals surface area contributed by atoms with Gasteiger partial charge in [-0.1, -0.05) is 47.0 Å². The van der Waals surface area contributed by atoms with Crippen LogP contribution >= 0.6 is 59.1 Å². The zero-order valence-electron chi connectivity index (χ0n) is 18.7. The van der Waals surface area contributed by atoms with Crippen molar-refractivity contribution in [3.05, 3.63) is 18.3 Å². The first-order chi connectivity index (χ1) is 16.8. The van der Waals surface area contributed by atoms with Crippen LogP contribution in [0.1, 0.15) is 13.8 Å². The van der Waals surface area contributed by atoms with Crippen LogP contribution in [-0.2, 0) is 38.2 Å². The molecule has 0 aromatic heterocycles. The molecular formula is C18H16N2O10S6. The fourth-order valence-electron chi connectivity index (χ4n) is 2.74. The molecule has 0 unspecified atom stereocenters. The lowest BCUT2D eigenvalue weighted by Gasteiger charge is -2.15. The summed E-state index contributed by atoms with van der Waals surface area (Å²) in [5.41, 5.74) is 10.8. The van der Waals surface area contributed by atoms with E-state index < -0.39 is 38.5 Å². The van der Waals surface area contributed by atoms with Crippen LogP contribution in [0.3, 0.4) is 0 Å². The van der Waals surface area contributed by atoms with Crippen molar-refractivity contribution in [2.45, 2.75) is 33.4 Å². The van der Waals surface area contributed by atoms with Gasteiger partial charge in [0.2, 0.25) is 0 Å². The molecule has 2 amide bonds. The Morgan fingerprint density at radius 2 is 1.19 bits per heavy atom. The number of nitrogens with two attached hydrogens (primary N) is 2. The van der Waals surface area contributed by atoms with Crippen LogP contribution in [0.2, 0.25) is 0 Å². The van der Waals surface area contributed by atoms with E-state index in [1.54, 1.807) is 0 Å². The highest BCUT2D eigenvalue weighted by atomic mass is 32.2. The summed E-state index contributed by atoms with van der Waals surface area (Å²) in [6.45, 7) is 2.32. The first-order valence-electron chi connectivity index (χ1n) is 9.23. The molecular weight excluding hydrogens is 597 g/mol. The third-order valence-corrected chi connectivity index (χ3v) is 11.5. The van der Waals surface area contributed by atoms with Crippen LogP contribution in [0.4, 0.5) is 0 Å². The van der Waals surface area contributed by atoms with Crippen molar-refractivity contribution in [2.24, 2.45) is 11.5 Å². The van der Waals surface area contributed by atoms with E-state index in [1.807, 2.05) is 0 Å². The Hall–Kier alpha value is -1.80. The Balaban J connectivity index is 2.32. The fourth-order valence-corrected chi connectivity index (χ4v) is 10.5. The van der Waals surface area contributed by atoms with Gasteiger partial charge >= 0.3 is 11.9 Å². The third-order valence-electron chi connectivity index (χ3n) is 3.88. The van der Waals surface area contributed by atoms with Gasteiger partial charge in [0.15, 0.2) is 26.2 Å². The number of amides is 2. The Bertz CT molecular complexity index is 1310. The predicted octanol–water partition coefficient (Wildman–Crippen LogP) is 2.51. The Labute approximate surface area is 226 Å². The molecule has 0 fully saturated rings. The van der Waals surface area contributed by atoms with Crippen LogP contribution in [0.25, 0.3) is 0 Å². The molecule has 1 aromatic rings. The molecule has 18 heteroatoms. The number of ether oxygens (including phenoxy) is 2.